The van der Waals surface area contributed by atoms with Gasteiger partial charge in [-0.15, -0.1) is 0 Å². The number of rotatable bonds is 5. The summed E-state index contributed by atoms with van der Waals surface area (Å²) in [5, 5.41) is 3.51. The van der Waals surface area contributed by atoms with E-state index < -0.39 is 0 Å². The van der Waals surface area contributed by atoms with Crippen LogP contribution in [0.25, 0.3) is 0 Å². The zero-order chi connectivity index (χ0) is 13.7. The van der Waals surface area contributed by atoms with Crippen LogP contribution in [0, 0.1) is 5.92 Å². The van der Waals surface area contributed by atoms with E-state index in [9.17, 15) is 0 Å². The van der Waals surface area contributed by atoms with E-state index in [1.54, 1.807) is 0 Å². The highest BCUT2D eigenvalue weighted by molar-refractivity contribution is 5.54. The van der Waals surface area contributed by atoms with Gasteiger partial charge in [0.1, 0.15) is 0 Å². The fraction of sp³-hybridized carbons (Fsp3) is 0.647. The molecule has 0 saturated carbocycles. The minimum Gasteiger partial charge on any atom is -0.374 e. The van der Waals surface area contributed by atoms with Crippen LogP contribution in [-0.4, -0.2) is 26.7 Å². The van der Waals surface area contributed by atoms with Crippen LogP contribution in [0.15, 0.2) is 24.3 Å². The number of nitrogens with zero attached hydrogens (tertiary/aromatic N) is 1. The normalized spacial score (nSPS) is 19.7. The lowest BCUT2D eigenvalue weighted by Crippen LogP contribution is -2.32. The third kappa shape index (κ3) is 3.97. The van der Waals surface area contributed by atoms with E-state index in [1.165, 1.54) is 43.6 Å². The highest BCUT2D eigenvalue weighted by Gasteiger charge is 2.15. The van der Waals surface area contributed by atoms with Crippen LogP contribution in [0.1, 0.15) is 44.6 Å². The van der Waals surface area contributed by atoms with E-state index in [2.05, 4.69) is 55.4 Å². The van der Waals surface area contributed by atoms with E-state index in [0.29, 0.717) is 5.92 Å². The standard InChI is InChI=1S/C17H28N2/c1-14(2)16-8-4-5-9-17(16)19(3)12-10-15-7-6-11-18-13-15/h4-5,8-9,14-15,18H,6-7,10-13H2,1-3H3. The highest BCUT2D eigenvalue weighted by Crippen LogP contribution is 2.27. The molecule has 1 aliphatic heterocycles. The summed E-state index contributed by atoms with van der Waals surface area (Å²) in [6, 6.07) is 8.82. The first kappa shape index (κ1) is 14.4. The maximum atomic E-state index is 3.51. The molecule has 1 saturated heterocycles. The molecule has 1 heterocycles. The summed E-state index contributed by atoms with van der Waals surface area (Å²) < 4.78 is 0. The van der Waals surface area contributed by atoms with Crippen LogP contribution in [-0.2, 0) is 0 Å². The Kier molecular flexibility index (Phi) is 5.26. The van der Waals surface area contributed by atoms with E-state index in [4.69, 9.17) is 0 Å². The molecule has 0 spiro atoms. The molecule has 0 amide bonds. The molecule has 1 unspecified atom stereocenters. The van der Waals surface area contributed by atoms with Crippen molar-refractivity contribution in [3.8, 4) is 0 Å². The molecule has 1 aliphatic rings. The van der Waals surface area contributed by atoms with Crippen LogP contribution < -0.4 is 10.2 Å². The average molecular weight is 260 g/mol. The average Bonchev–Trinajstić information content (AvgIpc) is 2.46. The lowest BCUT2D eigenvalue weighted by Gasteiger charge is -2.28. The van der Waals surface area contributed by atoms with Gasteiger partial charge in [0, 0.05) is 19.3 Å². The van der Waals surface area contributed by atoms with Crippen molar-refractivity contribution in [1.29, 1.82) is 0 Å². The predicted octanol–water partition coefficient (Wildman–Crippen LogP) is 3.64. The molecular formula is C17H28N2. The maximum Gasteiger partial charge on any atom is 0.0398 e. The first-order valence-corrected chi connectivity index (χ1v) is 7.69. The van der Waals surface area contributed by atoms with Crippen LogP contribution in [0.5, 0.6) is 0 Å². The summed E-state index contributed by atoms with van der Waals surface area (Å²) in [6.45, 7) is 8.13. The zero-order valence-electron chi connectivity index (χ0n) is 12.7. The summed E-state index contributed by atoms with van der Waals surface area (Å²) in [5.41, 5.74) is 2.87. The maximum absolute atomic E-state index is 3.51. The van der Waals surface area contributed by atoms with E-state index in [1.807, 2.05) is 0 Å². The molecule has 1 N–H and O–H groups in total. The number of hydrogen-bond donors (Lipinski definition) is 1. The first-order valence-electron chi connectivity index (χ1n) is 7.69. The lowest BCUT2D eigenvalue weighted by molar-refractivity contribution is 0.360. The summed E-state index contributed by atoms with van der Waals surface area (Å²) in [7, 11) is 2.23. The van der Waals surface area contributed by atoms with Gasteiger partial charge in [-0.1, -0.05) is 32.0 Å². The Morgan fingerprint density at radius 1 is 1.32 bits per heavy atom. The third-order valence-electron chi connectivity index (χ3n) is 4.24. The number of hydrogen-bond acceptors (Lipinski definition) is 2. The predicted molar refractivity (Wildman–Crippen MR) is 84.0 cm³/mol. The van der Waals surface area contributed by atoms with Crippen LogP contribution in [0.2, 0.25) is 0 Å². The molecule has 0 radical (unpaired) electrons. The molecule has 0 aromatic heterocycles. The van der Waals surface area contributed by atoms with E-state index in [-0.39, 0.29) is 0 Å². The van der Waals surface area contributed by atoms with Crippen molar-refractivity contribution in [2.75, 3.05) is 31.6 Å². The van der Waals surface area contributed by atoms with E-state index in [0.717, 1.165) is 12.5 Å². The Bertz CT molecular complexity index is 381. The van der Waals surface area contributed by atoms with Gasteiger partial charge in [0.2, 0.25) is 0 Å². The summed E-state index contributed by atoms with van der Waals surface area (Å²) in [6.07, 6.45) is 4.04. The molecule has 1 atom stereocenters. The van der Waals surface area contributed by atoms with Gasteiger partial charge in [-0.3, -0.25) is 0 Å². The van der Waals surface area contributed by atoms with Gasteiger partial charge in [-0.05, 0) is 55.8 Å². The molecule has 2 rings (SSSR count). The Balaban J connectivity index is 1.93. The highest BCUT2D eigenvalue weighted by atomic mass is 15.1. The second kappa shape index (κ2) is 6.95. The molecule has 1 aromatic carbocycles. The third-order valence-corrected chi connectivity index (χ3v) is 4.24. The van der Waals surface area contributed by atoms with Crippen LogP contribution in [0.4, 0.5) is 5.69 Å². The molecule has 0 aliphatic carbocycles. The molecule has 2 nitrogen and oxygen atoms in total. The molecule has 0 bridgehead atoms. The number of para-hydroxylation sites is 1. The quantitative estimate of drug-likeness (QED) is 0.869. The van der Waals surface area contributed by atoms with Crippen molar-refractivity contribution in [2.45, 2.75) is 39.0 Å². The lowest BCUT2D eigenvalue weighted by atomic mass is 9.95. The second-order valence-corrected chi connectivity index (χ2v) is 6.14. The van der Waals surface area contributed by atoms with Gasteiger partial charge >= 0.3 is 0 Å². The minimum atomic E-state index is 0.593. The number of piperidine rings is 1. The van der Waals surface area contributed by atoms with Crippen molar-refractivity contribution in [3.63, 3.8) is 0 Å². The van der Waals surface area contributed by atoms with Crippen molar-refractivity contribution >= 4 is 5.69 Å². The van der Waals surface area contributed by atoms with Gasteiger partial charge in [0.05, 0.1) is 0 Å². The fourth-order valence-electron chi connectivity index (χ4n) is 2.99. The SMILES string of the molecule is CC(C)c1ccccc1N(C)CCC1CCCNC1. The molecule has 1 aromatic rings. The van der Waals surface area contributed by atoms with Gasteiger partial charge in [0.15, 0.2) is 0 Å². The zero-order valence-corrected chi connectivity index (χ0v) is 12.7. The molecule has 19 heavy (non-hydrogen) atoms. The summed E-state index contributed by atoms with van der Waals surface area (Å²) >= 11 is 0. The van der Waals surface area contributed by atoms with E-state index >= 15 is 0 Å². The molecular weight excluding hydrogens is 232 g/mol. The minimum absolute atomic E-state index is 0.593. The Morgan fingerprint density at radius 2 is 2.11 bits per heavy atom. The van der Waals surface area contributed by atoms with Crippen molar-refractivity contribution in [3.05, 3.63) is 29.8 Å². The van der Waals surface area contributed by atoms with Gasteiger partial charge in [-0.2, -0.15) is 0 Å². The smallest absolute Gasteiger partial charge is 0.0398 e. The first-order chi connectivity index (χ1) is 9.18. The molecule has 1 fully saturated rings. The van der Waals surface area contributed by atoms with Crippen molar-refractivity contribution < 1.29 is 0 Å². The number of anilines is 1. The van der Waals surface area contributed by atoms with Gasteiger partial charge in [0.25, 0.3) is 0 Å². The second-order valence-electron chi connectivity index (χ2n) is 6.14. The Hall–Kier alpha value is -1.02. The fourth-order valence-corrected chi connectivity index (χ4v) is 2.99. The van der Waals surface area contributed by atoms with Gasteiger partial charge in [-0.25, -0.2) is 0 Å². The summed E-state index contributed by atoms with van der Waals surface area (Å²) in [4.78, 5) is 2.43. The monoisotopic (exact) mass is 260 g/mol. The number of benzene rings is 1. The molecule has 106 valence electrons. The summed E-state index contributed by atoms with van der Waals surface area (Å²) in [5.74, 6) is 1.46. The van der Waals surface area contributed by atoms with Crippen LogP contribution in [0.3, 0.4) is 0 Å². The Labute approximate surface area is 118 Å². The topological polar surface area (TPSA) is 15.3 Å². The van der Waals surface area contributed by atoms with Crippen molar-refractivity contribution in [2.24, 2.45) is 5.92 Å². The number of nitrogens with one attached hydrogen (secondary N) is 1. The largest absolute Gasteiger partial charge is 0.374 e. The Morgan fingerprint density at radius 3 is 2.79 bits per heavy atom. The van der Waals surface area contributed by atoms with Crippen LogP contribution >= 0.6 is 0 Å². The molecule has 2 heteroatoms. The van der Waals surface area contributed by atoms with Gasteiger partial charge < -0.3 is 10.2 Å². The van der Waals surface area contributed by atoms with Crippen molar-refractivity contribution in [1.82, 2.24) is 5.32 Å².